The molecule has 0 radical (unpaired) electrons. The number of carbonyl (C=O) groups is 1. The van der Waals surface area contributed by atoms with Gasteiger partial charge in [0.15, 0.2) is 0 Å². The number of morpholine rings is 1. The predicted molar refractivity (Wildman–Crippen MR) is 67.7 cm³/mol. The Labute approximate surface area is 108 Å². The standard InChI is InChI=1S/C10H21N3O4S/c1-18(15,16)13-4-2-3-12-10(14)7-9-8-17-6-5-11-9/h9,11,13H,2-8H2,1H3,(H,12,14). The van der Waals surface area contributed by atoms with Crippen molar-refractivity contribution in [3.8, 4) is 0 Å². The quantitative estimate of drug-likeness (QED) is 0.489. The second kappa shape index (κ2) is 7.67. The average Bonchev–Trinajstić information content (AvgIpc) is 2.28. The number of amides is 1. The molecule has 0 aromatic heterocycles. The van der Waals surface area contributed by atoms with Gasteiger partial charge in [0, 0.05) is 32.1 Å². The first-order chi connectivity index (χ1) is 8.47. The first-order valence-corrected chi connectivity index (χ1v) is 7.89. The van der Waals surface area contributed by atoms with E-state index in [1.807, 2.05) is 0 Å². The molecule has 0 saturated carbocycles. The van der Waals surface area contributed by atoms with E-state index >= 15 is 0 Å². The van der Waals surface area contributed by atoms with Gasteiger partial charge in [-0.25, -0.2) is 13.1 Å². The van der Waals surface area contributed by atoms with Gasteiger partial charge in [0.1, 0.15) is 0 Å². The fraction of sp³-hybridized carbons (Fsp3) is 0.900. The van der Waals surface area contributed by atoms with E-state index in [2.05, 4.69) is 15.4 Å². The van der Waals surface area contributed by atoms with E-state index in [0.29, 0.717) is 39.1 Å². The molecule has 1 fully saturated rings. The molecule has 0 bridgehead atoms. The third-order valence-electron chi connectivity index (χ3n) is 2.47. The van der Waals surface area contributed by atoms with Crippen LogP contribution in [0.25, 0.3) is 0 Å². The summed E-state index contributed by atoms with van der Waals surface area (Å²) in [5.74, 6) is -0.0441. The van der Waals surface area contributed by atoms with Crippen LogP contribution in [0.15, 0.2) is 0 Å². The molecule has 1 unspecified atom stereocenters. The van der Waals surface area contributed by atoms with Crippen LogP contribution in [0.4, 0.5) is 0 Å². The fourth-order valence-corrected chi connectivity index (χ4v) is 2.14. The Morgan fingerprint density at radius 1 is 1.44 bits per heavy atom. The van der Waals surface area contributed by atoms with E-state index in [1.165, 1.54) is 0 Å². The molecule has 18 heavy (non-hydrogen) atoms. The van der Waals surface area contributed by atoms with Crippen LogP contribution in [0, 0.1) is 0 Å². The van der Waals surface area contributed by atoms with Crippen LogP contribution in [0.2, 0.25) is 0 Å². The summed E-state index contributed by atoms with van der Waals surface area (Å²) in [5.41, 5.74) is 0. The van der Waals surface area contributed by atoms with Crippen LogP contribution in [0.1, 0.15) is 12.8 Å². The maximum absolute atomic E-state index is 11.5. The molecule has 1 aliphatic rings. The average molecular weight is 279 g/mol. The minimum absolute atomic E-state index is 0.0441. The Kier molecular flexibility index (Phi) is 6.55. The van der Waals surface area contributed by atoms with Gasteiger partial charge in [0.2, 0.25) is 15.9 Å². The van der Waals surface area contributed by atoms with E-state index in [0.717, 1.165) is 12.8 Å². The van der Waals surface area contributed by atoms with Crippen molar-refractivity contribution >= 4 is 15.9 Å². The van der Waals surface area contributed by atoms with E-state index in [4.69, 9.17) is 4.74 Å². The molecule has 1 heterocycles. The molecule has 1 saturated heterocycles. The second-order valence-corrected chi connectivity index (χ2v) is 6.13. The molecule has 106 valence electrons. The van der Waals surface area contributed by atoms with Gasteiger partial charge in [-0.3, -0.25) is 4.79 Å². The number of rotatable bonds is 7. The predicted octanol–water partition coefficient (Wildman–Crippen LogP) is -1.58. The Bertz CT molecular complexity index is 352. The van der Waals surface area contributed by atoms with Crippen LogP contribution >= 0.6 is 0 Å². The summed E-state index contributed by atoms with van der Waals surface area (Å²) in [7, 11) is -3.14. The zero-order valence-corrected chi connectivity index (χ0v) is 11.4. The molecular formula is C10H21N3O4S. The molecule has 7 nitrogen and oxygen atoms in total. The van der Waals surface area contributed by atoms with E-state index < -0.39 is 10.0 Å². The van der Waals surface area contributed by atoms with E-state index in [-0.39, 0.29) is 11.9 Å². The molecule has 0 aliphatic carbocycles. The van der Waals surface area contributed by atoms with Gasteiger partial charge in [0.25, 0.3) is 0 Å². The van der Waals surface area contributed by atoms with Gasteiger partial charge in [-0.2, -0.15) is 0 Å². The van der Waals surface area contributed by atoms with E-state index in [1.54, 1.807) is 0 Å². The SMILES string of the molecule is CS(=O)(=O)NCCCNC(=O)CC1COCCN1. The van der Waals surface area contributed by atoms with Gasteiger partial charge < -0.3 is 15.4 Å². The molecule has 1 rings (SSSR count). The highest BCUT2D eigenvalue weighted by atomic mass is 32.2. The Hall–Kier alpha value is -0.700. The van der Waals surface area contributed by atoms with E-state index in [9.17, 15) is 13.2 Å². The van der Waals surface area contributed by atoms with Crippen molar-refractivity contribution in [3.63, 3.8) is 0 Å². The van der Waals surface area contributed by atoms with Gasteiger partial charge >= 0.3 is 0 Å². The van der Waals surface area contributed by atoms with Crippen LogP contribution in [-0.4, -0.2) is 59.5 Å². The smallest absolute Gasteiger partial charge is 0.221 e. The van der Waals surface area contributed by atoms with Crippen molar-refractivity contribution in [2.24, 2.45) is 0 Å². The number of carbonyl (C=O) groups excluding carboxylic acids is 1. The van der Waals surface area contributed by atoms with Crippen molar-refractivity contribution in [3.05, 3.63) is 0 Å². The Balaban J connectivity index is 2.03. The summed E-state index contributed by atoms with van der Waals surface area (Å²) in [4.78, 5) is 11.5. The Morgan fingerprint density at radius 3 is 2.83 bits per heavy atom. The number of hydrogen-bond donors (Lipinski definition) is 3. The molecule has 3 N–H and O–H groups in total. The molecule has 0 aromatic rings. The van der Waals surface area contributed by atoms with Crippen LogP contribution in [0.3, 0.4) is 0 Å². The van der Waals surface area contributed by atoms with Crippen molar-refractivity contribution in [1.29, 1.82) is 0 Å². The lowest BCUT2D eigenvalue weighted by Crippen LogP contribution is -2.44. The minimum atomic E-state index is -3.14. The lowest BCUT2D eigenvalue weighted by molar-refractivity contribution is -0.122. The van der Waals surface area contributed by atoms with Gasteiger partial charge in [-0.1, -0.05) is 0 Å². The van der Waals surface area contributed by atoms with Gasteiger partial charge in [0.05, 0.1) is 19.5 Å². The first kappa shape index (κ1) is 15.4. The van der Waals surface area contributed by atoms with Crippen molar-refractivity contribution < 1.29 is 17.9 Å². The number of sulfonamides is 1. The summed E-state index contributed by atoms with van der Waals surface area (Å²) in [6, 6.07) is 0.0768. The zero-order valence-electron chi connectivity index (χ0n) is 10.6. The van der Waals surface area contributed by atoms with Crippen molar-refractivity contribution in [2.45, 2.75) is 18.9 Å². The lowest BCUT2D eigenvalue weighted by atomic mass is 10.2. The summed E-state index contributed by atoms with van der Waals surface area (Å²) < 4.78 is 29.2. The zero-order chi connectivity index (χ0) is 13.4. The molecule has 1 atom stereocenters. The second-order valence-electron chi connectivity index (χ2n) is 4.30. The third-order valence-corrected chi connectivity index (χ3v) is 3.20. The van der Waals surface area contributed by atoms with Crippen molar-refractivity contribution in [2.75, 3.05) is 39.1 Å². The molecular weight excluding hydrogens is 258 g/mol. The highest BCUT2D eigenvalue weighted by Crippen LogP contribution is 1.97. The van der Waals surface area contributed by atoms with Gasteiger partial charge in [-0.05, 0) is 6.42 Å². The summed E-state index contributed by atoms with van der Waals surface area (Å²) in [6.07, 6.45) is 2.08. The highest BCUT2D eigenvalue weighted by Gasteiger charge is 2.16. The monoisotopic (exact) mass is 279 g/mol. The lowest BCUT2D eigenvalue weighted by Gasteiger charge is -2.23. The number of ether oxygens (including phenoxy) is 1. The largest absolute Gasteiger partial charge is 0.378 e. The first-order valence-electron chi connectivity index (χ1n) is 6.00. The highest BCUT2D eigenvalue weighted by molar-refractivity contribution is 7.88. The normalized spacial score (nSPS) is 20.6. The topological polar surface area (TPSA) is 96.5 Å². The number of nitrogens with one attached hydrogen (secondary N) is 3. The van der Waals surface area contributed by atoms with Crippen LogP contribution in [-0.2, 0) is 19.6 Å². The third kappa shape index (κ3) is 7.59. The Morgan fingerprint density at radius 2 is 2.22 bits per heavy atom. The van der Waals surface area contributed by atoms with Crippen LogP contribution in [0.5, 0.6) is 0 Å². The fourth-order valence-electron chi connectivity index (χ4n) is 1.62. The minimum Gasteiger partial charge on any atom is -0.378 e. The summed E-state index contributed by atoms with van der Waals surface area (Å²) in [5, 5.41) is 5.94. The molecule has 1 aliphatic heterocycles. The number of hydrogen-bond acceptors (Lipinski definition) is 5. The maximum Gasteiger partial charge on any atom is 0.221 e. The maximum atomic E-state index is 11.5. The molecule has 0 aromatic carbocycles. The molecule has 8 heteroatoms. The molecule has 1 amide bonds. The van der Waals surface area contributed by atoms with Crippen LogP contribution < -0.4 is 15.4 Å². The summed E-state index contributed by atoms with van der Waals surface area (Å²) in [6.45, 7) is 2.83. The van der Waals surface area contributed by atoms with Gasteiger partial charge in [-0.15, -0.1) is 0 Å². The van der Waals surface area contributed by atoms with Crippen molar-refractivity contribution in [1.82, 2.24) is 15.4 Å². The molecule has 0 spiro atoms. The summed E-state index contributed by atoms with van der Waals surface area (Å²) >= 11 is 0.